The summed E-state index contributed by atoms with van der Waals surface area (Å²) < 4.78 is 5.89. The molecule has 0 saturated heterocycles. The minimum atomic E-state index is -0.913. The molecule has 0 aromatic carbocycles. The van der Waals surface area contributed by atoms with Gasteiger partial charge in [-0.15, -0.1) is 0 Å². The van der Waals surface area contributed by atoms with Crippen LogP contribution < -0.4 is 21.7 Å². The van der Waals surface area contributed by atoms with Crippen LogP contribution in [-0.2, 0) is 19.1 Å². The average Bonchev–Trinajstić information content (AvgIpc) is 2.65. The zero-order valence-electron chi connectivity index (χ0n) is 20.5. The molecule has 0 aliphatic rings. The van der Waals surface area contributed by atoms with Crippen LogP contribution in [0.3, 0.4) is 0 Å². The lowest BCUT2D eigenvalue weighted by atomic mass is 9.91. The van der Waals surface area contributed by atoms with E-state index in [1.54, 1.807) is 13.8 Å². The molecule has 4 amide bonds. The summed E-state index contributed by atoms with van der Waals surface area (Å²) in [5.74, 6) is -0.393. The van der Waals surface area contributed by atoms with Crippen molar-refractivity contribution in [1.29, 1.82) is 0 Å². The van der Waals surface area contributed by atoms with E-state index in [2.05, 4.69) is 29.8 Å². The largest absolute Gasteiger partial charge is 0.376 e. The zero-order valence-corrected chi connectivity index (χ0v) is 20.5. The molecule has 1 unspecified atom stereocenters. The number of primary amides is 1. The molecule has 10 heteroatoms. The summed E-state index contributed by atoms with van der Waals surface area (Å²) in [6.07, 6.45) is 2.32. The van der Waals surface area contributed by atoms with E-state index < -0.39 is 35.3 Å². The van der Waals surface area contributed by atoms with Crippen molar-refractivity contribution in [3.8, 4) is 0 Å². The number of carbonyl (C=O) groups excluding carboxylic acids is 4. The van der Waals surface area contributed by atoms with E-state index in [0.717, 1.165) is 6.42 Å². The van der Waals surface area contributed by atoms with Gasteiger partial charge in [-0.2, -0.15) is 0 Å². The Morgan fingerprint density at radius 1 is 1.03 bits per heavy atom. The van der Waals surface area contributed by atoms with Crippen molar-refractivity contribution in [2.24, 2.45) is 17.6 Å². The van der Waals surface area contributed by atoms with Crippen molar-refractivity contribution in [1.82, 2.24) is 16.0 Å². The second-order valence-electron chi connectivity index (χ2n) is 9.48. The van der Waals surface area contributed by atoms with Crippen LogP contribution in [0.2, 0.25) is 0 Å². The molecule has 0 rings (SSSR count). The first-order valence-electron chi connectivity index (χ1n) is 11.3. The predicted molar refractivity (Wildman–Crippen MR) is 125 cm³/mol. The molecule has 0 fully saturated rings. The fourth-order valence-electron chi connectivity index (χ4n) is 2.90. The van der Waals surface area contributed by atoms with E-state index in [9.17, 15) is 19.2 Å². The molecule has 9 nitrogen and oxygen atoms in total. The van der Waals surface area contributed by atoms with Crippen molar-refractivity contribution < 1.29 is 23.9 Å². The molecular weight excluding hydrogens is 411 g/mol. The molecule has 0 saturated carbocycles. The van der Waals surface area contributed by atoms with Gasteiger partial charge in [0.1, 0.15) is 6.04 Å². The Morgan fingerprint density at radius 3 is 2.16 bits per heavy atom. The van der Waals surface area contributed by atoms with Crippen molar-refractivity contribution in [2.45, 2.75) is 91.3 Å². The van der Waals surface area contributed by atoms with Gasteiger partial charge in [0.2, 0.25) is 11.8 Å². The van der Waals surface area contributed by atoms with Crippen molar-refractivity contribution in [2.75, 3.05) is 13.2 Å². The summed E-state index contributed by atoms with van der Waals surface area (Å²) in [5.41, 5.74) is 3.86. The molecule has 0 spiro atoms. The lowest BCUT2D eigenvalue weighted by molar-refractivity contribution is -0.132. The van der Waals surface area contributed by atoms with E-state index in [1.165, 1.54) is 0 Å². The van der Waals surface area contributed by atoms with Gasteiger partial charge in [-0.05, 0) is 51.4 Å². The highest BCUT2D eigenvalue weighted by atomic mass is 16.5. The maximum absolute atomic E-state index is 12.7. The third-order valence-corrected chi connectivity index (χ3v) is 5.04. The van der Waals surface area contributed by atoms with Crippen molar-refractivity contribution >= 4 is 31.4 Å². The minimum absolute atomic E-state index is 0.195. The van der Waals surface area contributed by atoms with E-state index in [4.69, 9.17) is 18.3 Å². The van der Waals surface area contributed by atoms with Gasteiger partial charge in [0.15, 0.2) is 7.85 Å². The number of carbonyl (C=O) groups is 4. The summed E-state index contributed by atoms with van der Waals surface area (Å²) in [7, 11) is 5.39. The molecule has 0 aromatic rings. The first kappa shape index (κ1) is 29.9. The standard InChI is InChI=1S/C22H41BN4O5/c1-14(2)10-13-32-22(5,6)11-9-17(28)27-18(15(3)4)20(30)26-16(19(23)29)8-7-12-25-21(24)31/h14-16,18H,7-13H2,1-6H3,(H,26,30)(H,27,28)(H3,24,25,31)/t16-,18?/m0/s1. The van der Waals surface area contributed by atoms with Crippen LogP contribution >= 0.6 is 0 Å². The highest BCUT2D eigenvalue weighted by Crippen LogP contribution is 2.18. The van der Waals surface area contributed by atoms with Crippen molar-refractivity contribution in [3.05, 3.63) is 0 Å². The van der Waals surface area contributed by atoms with Gasteiger partial charge < -0.3 is 31.2 Å². The minimum Gasteiger partial charge on any atom is -0.376 e. The maximum atomic E-state index is 12.7. The Kier molecular flexibility index (Phi) is 13.9. The normalized spacial score (nSPS) is 13.5. The number of hydrogen-bond donors (Lipinski definition) is 4. The topological polar surface area (TPSA) is 140 Å². The predicted octanol–water partition coefficient (Wildman–Crippen LogP) is 1.38. The van der Waals surface area contributed by atoms with Gasteiger partial charge in [0.25, 0.3) is 0 Å². The summed E-state index contributed by atoms with van der Waals surface area (Å²) >= 11 is 0. The third kappa shape index (κ3) is 14.1. The van der Waals surface area contributed by atoms with Crippen LogP contribution in [0.15, 0.2) is 0 Å². The molecule has 2 radical (unpaired) electrons. The first-order valence-corrected chi connectivity index (χ1v) is 11.3. The second kappa shape index (κ2) is 14.9. The smallest absolute Gasteiger partial charge is 0.312 e. The van der Waals surface area contributed by atoms with Gasteiger partial charge in [0, 0.05) is 19.6 Å². The number of rotatable bonds is 16. The summed E-state index contributed by atoms with van der Waals surface area (Å²) in [4.78, 5) is 47.7. The SMILES string of the molecule is [B]C(=O)[C@H](CCCNC(N)=O)NC(=O)C(NC(=O)CCC(C)(C)OCCC(C)C)C(C)C. The van der Waals surface area contributed by atoms with Gasteiger partial charge in [0.05, 0.1) is 17.3 Å². The Bertz CT molecular complexity index is 625. The van der Waals surface area contributed by atoms with Crippen LogP contribution in [0, 0.1) is 11.8 Å². The van der Waals surface area contributed by atoms with Gasteiger partial charge in [-0.1, -0.05) is 27.7 Å². The average molecular weight is 452 g/mol. The number of ether oxygens (including phenoxy) is 1. The molecule has 0 aliphatic carbocycles. The maximum Gasteiger partial charge on any atom is 0.312 e. The highest BCUT2D eigenvalue weighted by molar-refractivity contribution is 6.59. The van der Waals surface area contributed by atoms with Gasteiger partial charge >= 0.3 is 6.03 Å². The quantitative estimate of drug-likeness (QED) is 0.207. The molecular formula is C22H41BN4O5. The lowest BCUT2D eigenvalue weighted by Gasteiger charge is -2.27. The van der Waals surface area contributed by atoms with E-state index in [1.807, 2.05) is 13.8 Å². The lowest BCUT2D eigenvalue weighted by Crippen LogP contribution is -2.54. The fraction of sp³-hybridized carbons (Fsp3) is 0.818. The molecule has 0 bridgehead atoms. The fourth-order valence-corrected chi connectivity index (χ4v) is 2.90. The molecule has 0 aromatic heterocycles. The molecule has 2 atom stereocenters. The van der Waals surface area contributed by atoms with Crippen LogP contribution in [0.1, 0.15) is 73.6 Å². The number of urea groups is 1. The van der Waals surface area contributed by atoms with Crippen molar-refractivity contribution in [3.63, 3.8) is 0 Å². The summed E-state index contributed by atoms with van der Waals surface area (Å²) in [6.45, 7) is 12.6. The van der Waals surface area contributed by atoms with E-state index >= 15 is 0 Å². The number of nitrogens with two attached hydrogens (primary N) is 1. The molecule has 0 heterocycles. The first-order chi connectivity index (χ1) is 14.7. The zero-order chi connectivity index (χ0) is 24.9. The Hall–Kier alpha value is -2.10. The van der Waals surface area contributed by atoms with Crippen LogP contribution in [0.5, 0.6) is 0 Å². The number of amides is 4. The molecule has 32 heavy (non-hydrogen) atoms. The van der Waals surface area contributed by atoms with Crippen LogP contribution in [-0.4, -0.2) is 62.2 Å². The molecule has 0 aliphatic heterocycles. The monoisotopic (exact) mass is 452 g/mol. The second-order valence-corrected chi connectivity index (χ2v) is 9.48. The van der Waals surface area contributed by atoms with Crippen LogP contribution in [0.4, 0.5) is 4.79 Å². The Morgan fingerprint density at radius 2 is 1.66 bits per heavy atom. The number of hydrogen-bond acceptors (Lipinski definition) is 5. The van der Waals surface area contributed by atoms with E-state index in [-0.39, 0.29) is 31.2 Å². The van der Waals surface area contributed by atoms with Gasteiger partial charge in [-0.25, -0.2) is 4.79 Å². The van der Waals surface area contributed by atoms with E-state index in [0.29, 0.717) is 25.4 Å². The summed E-state index contributed by atoms with van der Waals surface area (Å²) in [6, 6.07) is -2.39. The summed E-state index contributed by atoms with van der Waals surface area (Å²) in [5, 5.41) is 7.77. The Labute approximate surface area is 193 Å². The Balaban J connectivity index is 4.75. The third-order valence-electron chi connectivity index (χ3n) is 5.04. The highest BCUT2D eigenvalue weighted by Gasteiger charge is 2.28. The van der Waals surface area contributed by atoms with Gasteiger partial charge in [-0.3, -0.25) is 9.59 Å². The van der Waals surface area contributed by atoms with Crippen LogP contribution in [0.25, 0.3) is 0 Å². The molecule has 182 valence electrons. The molecule has 5 N–H and O–H groups in total. The number of nitrogens with one attached hydrogen (secondary N) is 3.